The van der Waals surface area contributed by atoms with Gasteiger partial charge in [0, 0.05) is 31.5 Å². The molecule has 1 fully saturated rings. The Morgan fingerprint density at radius 3 is 2.57 bits per heavy atom. The maximum Gasteiger partial charge on any atom is 0.326 e. The number of benzene rings is 2. The molecular weight excluding hydrogens is 414 g/mol. The Morgan fingerprint density at radius 1 is 1.20 bits per heavy atom. The summed E-state index contributed by atoms with van der Waals surface area (Å²) in [6, 6.07) is 13.5. The SMILES string of the molecule is CN1c2cc(-c3cc(OCC#N)ccc3C#N)ccc2N(CC2CC2(F)F)S1(=O)=O. The van der Waals surface area contributed by atoms with Gasteiger partial charge in [0.2, 0.25) is 0 Å². The molecule has 0 radical (unpaired) electrons. The minimum Gasteiger partial charge on any atom is -0.479 e. The van der Waals surface area contributed by atoms with Gasteiger partial charge in [0.15, 0.2) is 6.61 Å². The Morgan fingerprint density at radius 2 is 1.93 bits per heavy atom. The summed E-state index contributed by atoms with van der Waals surface area (Å²) < 4.78 is 59.6. The molecule has 30 heavy (non-hydrogen) atoms. The predicted octanol–water partition coefficient (Wildman–Crippen LogP) is 3.28. The molecule has 4 rings (SSSR count). The number of alkyl halides is 2. The van der Waals surface area contributed by atoms with Crippen molar-refractivity contribution in [3.8, 4) is 29.0 Å². The monoisotopic (exact) mass is 430 g/mol. The number of halogens is 2. The van der Waals surface area contributed by atoms with Crippen molar-refractivity contribution in [1.29, 1.82) is 10.5 Å². The lowest BCUT2D eigenvalue weighted by atomic mass is 9.99. The predicted molar refractivity (Wildman–Crippen MR) is 105 cm³/mol. The van der Waals surface area contributed by atoms with Crippen LogP contribution in [0.1, 0.15) is 12.0 Å². The van der Waals surface area contributed by atoms with Gasteiger partial charge in [0.05, 0.1) is 23.0 Å². The van der Waals surface area contributed by atoms with Gasteiger partial charge >= 0.3 is 10.2 Å². The lowest BCUT2D eigenvalue weighted by Gasteiger charge is -2.18. The third-order valence-electron chi connectivity index (χ3n) is 5.28. The second-order valence-electron chi connectivity index (χ2n) is 7.14. The molecule has 0 amide bonds. The van der Waals surface area contributed by atoms with Gasteiger partial charge in [0.1, 0.15) is 11.8 Å². The van der Waals surface area contributed by atoms with Gasteiger partial charge in [0.25, 0.3) is 5.92 Å². The summed E-state index contributed by atoms with van der Waals surface area (Å²) in [7, 11) is -2.60. The number of anilines is 2. The third kappa shape index (κ3) is 3.19. The number of ether oxygens (including phenoxy) is 1. The van der Waals surface area contributed by atoms with Crippen molar-refractivity contribution in [2.75, 3.05) is 28.8 Å². The Labute approximate surface area is 172 Å². The fraction of sp³-hybridized carbons (Fsp3) is 0.300. The third-order valence-corrected chi connectivity index (χ3v) is 7.07. The first-order valence-electron chi connectivity index (χ1n) is 9.02. The molecule has 1 unspecified atom stereocenters. The molecule has 0 spiro atoms. The normalized spacial score (nSPS) is 20.2. The number of fused-ring (bicyclic) bond motifs is 1. The molecule has 1 atom stereocenters. The van der Waals surface area contributed by atoms with Gasteiger partial charge < -0.3 is 4.74 Å². The highest BCUT2D eigenvalue weighted by molar-refractivity contribution is 7.94. The highest BCUT2D eigenvalue weighted by atomic mass is 32.2. The summed E-state index contributed by atoms with van der Waals surface area (Å²) in [4.78, 5) is 0. The van der Waals surface area contributed by atoms with Crippen LogP contribution >= 0.6 is 0 Å². The van der Waals surface area contributed by atoms with Gasteiger partial charge in [-0.2, -0.15) is 18.9 Å². The summed E-state index contributed by atoms with van der Waals surface area (Å²) in [6.07, 6.45) is -0.322. The summed E-state index contributed by atoms with van der Waals surface area (Å²) in [6.45, 7) is -0.440. The minimum absolute atomic E-state index is 0.155. The fourth-order valence-corrected chi connectivity index (χ4v) is 4.94. The first kappa shape index (κ1) is 19.9. The second-order valence-corrected chi connectivity index (χ2v) is 9.02. The van der Waals surface area contributed by atoms with E-state index in [9.17, 15) is 22.5 Å². The molecule has 0 bridgehead atoms. The number of nitriles is 2. The number of nitrogens with zero attached hydrogens (tertiary/aromatic N) is 4. The number of hydrogen-bond donors (Lipinski definition) is 0. The van der Waals surface area contributed by atoms with Gasteiger partial charge in [-0.25, -0.2) is 8.78 Å². The van der Waals surface area contributed by atoms with Crippen molar-refractivity contribution in [3.05, 3.63) is 42.0 Å². The first-order chi connectivity index (χ1) is 14.2. The van der Waals surface area contributed by atoms with Crippen molar-refractivity contribution in [3.63, 3.8) is 0 Å². The summed E-state index contributed by atoms with van der Waals surface area (Å²) in [5.41, 5.74) is 2.07. The lowest BCUT2D eigenvalue weighted by molar-refractivity contribution is 0.101. The lowest BCUT2D eigenvalue weighted by Crippen LogP contribution is -2.37. The topological polar surface area (TPSA) is 97.4 Å². The minimum atomic E-state index is -3.96. The molecule has 1 aliphatic heterocycles. The van der Waals surface area contributed by atoms with E-state index in [0.717, 1.165) is 8.61 Å². The fourth-order valence-electron chi connectivity index (χ4n) is 3.48. The van der Waals surface area contributed by atoms with E-state index in [-0.39, 0.29) is 19.6 Å². The summed E-state index contributed by atoms with van der Waals surface area (Å²) >= 11 is 0. The molecule has 0 saturated heterocycles. The molecule has 0 aromatic heterocycles. The van der Waals surface area contributed by atoms with Crippen LogP contribution in [0.15, 0.2) is 36.4 Å². The van der Waals surface area contributed by atoms with E-state index in [2.05, 4.69) is 6.07 Å². The Balaban J connectivity index is 1.74. The zero-order valence-corrected chi connectivity index (χ0v) is 16.7. The molecule has 2 aromatic carbocycles. The van der Waals surface area contributed by atoms with E-state index in [1.165, 1.54) is 7.05 Å². The highest BCUT2D eigenvalue weighted by Gasteiger charge is 2.59. The highest BCUT2D eigenvalue weighted by Crippen LogP contribution is 2.51. The van der Waals surface area contributed by atoms with E-state index >= 15 is 0 Å². The number of rotatable bonds is 5. The molecule has 1 aliphatic carbocycles. The molecule has 154 valence electrons. The van der Waals surface area contributed by atoms with Crippen LogP contribution in [0.25, 0.3) is 11.1 Å². The van der Waals surface area contributed by atoms with Crippen molar-refractivity contribution in [2.24, 2.45) is 5.92 Å². The van der Waals surface area contributed by atoms with Gasteiger partial charge in [-0.3, -0.25) is 8.61 Å². The van der Waals surface area contributed by atoms with E-state index in [4.69, 9.17) is 10.00 Å². The average Bonchev–Trinajstić information content (AvgIpc) is 3.29. The van der Waals surface area contributed by atoms with Crippen LogP contribution in [-0.4, -0.2) is 34.5 Å². The number of hydrogen-bond acceptors (Lipinski definition) is 5. The van der Waals surface area contributed by atoms with Crippen LogP contribution in [0.3, 0.4) is 0 Å². The summed E-state index contributed by atoms with van der Waals surface area (Å²) in [5.74, 6) is -3.43. The molecule has 0 N–H and O–H groups in total. The standard InChI is InChI=1S/C20H16F2N4O3S/c1-25-19-8-13(17-9-16(29-7-6-23)4-2-14(17)11-24)3-5-18(19)26(30(25,27)28)12-15-10-20(15,21)22/h2-5,8-9,15H,7,10,12H2,1H3. The smallest absolute Gasteiger partial charge is 0.326 e. The zero-order chi connectivity index (χ0) is 21.7. The average molecular weight is 430 g/mol. The van der Waals surface area contributed by atoms with Crippen molar-refractivity contribution in [1.82, 2.24) is 0 Å². The van der Waals surface area contributed by atoms with Crippen LogP contribution in [0.4, 0.5) is 20.2 Å². The van der Waals surface area contributed by atoms with Crippen LogP contribution < -0.4 is 13.3 Å². The first-order valence-corrected chi connectivity index (χ1v) is 10.4. The molecule has 2 aromatic rings. The van der Waals surface area contributed by atoms with E-state index in [1.54, 1.807) is 36.4 Å². The van der Waals surface area contributed by atoms with Crippen molar-refractivity contribution >= 4 is 21.6 Å². The molecule has 2 aliphatic rings. The zero-order valence-electron chi connectivity index (χ0n) is 15.8. The van der Waals surface area contributed by atoms with E-state index < -0.39 is 22.0 Å². The quantitative estimate of drug-likeness (QED) is 0.725. The largest absolute Gasteiger partial charge is 0.479 e. The Kier molecular flexibility index (Phi) is 4.55. The van der Waals surface area contributed by atoms with Crippen LogP contribution in [-0.2, 0) is 10.2 Å². The Bertz CT molecular complexity index is 1220. The molecular formula is C20H16F2N4O3S. The molecule has 1 saturated carbocycles. The van der Waals surface area contributed by atoms with E-state index in [0.29, 0.717) is 33.8 Å². The van der Waals surface area contributed by atoms with Crippen LogP contribution in [0, 0.1) is 28.6 Å². The van der Waals surface area contributed by atoms with Crippen LogP contribution in [0.2, 0.25) is 0 Å². The second kappa shape index (κ2) is 6.85. The van der Waals surface area contributed by atoms with Crippen molar-refractivity contribution in [2.45, 2.75) is 12.3 Å². The van der Waals surface area contributed by atoms with Gasteiger partial charge in [-0.05, 0) is 35.9 Å². The van der Waals surface area contributed by atoms with E-state index in [1.807, 2.05) is 6.07 Å². The van der Waals surface area contributed by atoms with Gasteiger partial charge in [-0.1, -0.05) is 6.07 Å². The Hall–Kier alpha value is -3.37. The maximum atomic E-state index is 13.4. The molecule has 7 nitrogen and oxygen atoms in total. The van der Waals surface area contributed by atoms with Crippen molar-refractivity contribution < 1.29 is 21.9 Å². The van der Waals surface area contributed by atoms with Gasteiger partial charge in [-0.15, -0.1) is 0 Å². The molecule has 1 heterocycles. The maximum absolute atomic E-state index is 13.4. The molecule has 10 heteroatoms. The summed E-state index contributed by atoms with van der Waals surface area (Å²) in [5, 5.41) is 18.1. The van der Waals surface area contributed by atoms with Crippen LogP contribution in [0.5, 0.6) is 5.75 Å².